The lowest BCUT2D eigenvalue weighted by Gasteiger charge is -2.25. The number of carbonyl (C=O) groups excluding carboxylic acids is 2. The molecule has 1 amide bonds. The fraction of sp³-hybridized carbons (Fsp3) is 0.120. The molecule has 8 heteroatoms. The Labute approximate surface area is 188 Å². The van der Waals surface area contributed by atoms with Crippen molar-refractivity contribution in [2.24, 2.45) is 0 Å². The number of ketones is 1. The smallest absolute Gasteiger partial charge is 0.300 e. The van der Waals surface area contributed by atoms with E-state index in [0.717, 1.165) is 17.0 Å². The number of carbonyl (C=O) groups is 2. The third-order valence-electron chi connectivity index (χ3n) is 5.41. The van der Waals surface area contributed by atoms with E-state index in [1.54, 1.807) is 48.5 Å². The van der Waals surface area contributed by atoms with Gasteiger partial charge in [-0.15, -0.1) is 0 Å². The largest absolute Gasteiger partial charge is 0.506 e. The van der Waals surface area contributed by atoms with E-state index < -0.39 is 35.1 Å². The van der Waals surface area contributed by atoms with Crippen LogP contribution in [0.15, 0.2) is 72.3 Å². The molecular weight excluding hydrogens is 432 g/mol. The first-order valence-corrected chi connectivity index (χ1v) is 9.91. The summed E-state index contributed by atoms with van der Waals surface area (Å²) in [6.45, 7) is 0. The number of Topliss-reactive ketones (excluding diaryl/α,β-unsaturated/α-hetero) is 1. The van der Waals surface area contributed by atoms with Gasteiger partial charge in [-0.1, -0.05) is 36.4 Å². The van der Waals surface area contributed by atoms with Crippen LogP contribution < -0.4 is 14.4 Å². The van der Waals surface area contributed by atoms with E-state index in [-0.39, 0.29) is 28.3 Å². The van der Waals surface area contributed by atoms with Gasteiger partial charge in [-0.3, -0.25) is 14.5 Å². The Kier molecular flexibility index (Phi) is 5.83. The molecule has 1 atom stereocenters. The summed E-state index contributed by atoms with van der Waals surface area (Å²) in [6.07, 6.45) is 0. The lowest BCUT2D eigenvalue weighted by molar-refractivity contribution is -0.132. The zero-order chi connectivity index (χ0) is 23.7. The van der Waals surface area contributed by atoms with Gasteiger partial charge in [-0.2, -0.15) is 0 Å². The molecule has 168 valence electrons. The fourth-order valence-electron chi connectivity index (χ4n) is 3.90. The van der Waals surface area contributed by atoms with Gasteiger partial charge >= 0.3 is 0 Å². The third kappa shape index (κ3) is 3.69. The standard InChI is InChI=1S/C25H19F2NO5/c1-32-18-9-6-10-19(33-2)20(18)23(29)21-22(14-7-4-3-5-8-14)28(25(31)24(21)30)15-11-12-16(26)17(27)13-15/h3-13,22,29H,1-2H3/b23-21+. The lowest BCUT2D eigenvalue weighted by atomic mass is 9.94. The van der Waals surface area contributed by atoms with Crippen LogP contribution >= 0.6 is 0 Å². The number of amides is 1. The first-order valence-electron chi connectivity index (χ1n) is 9.91. The molecule has 1 heterocycles. The topological polar surface area (TPSA) is 76.1 Å². The first-order chi connectivity index (χ1) is 15.9. The van der Waals surface area contributed by atoms with Crippen molar-refractivity contribution in [3.63, 3.8) is 0 Å². The van der Waals surface area contributed by atoms with Crippen LogP contribution in [0.4, 0.5) is 14.5 Å². The molecular formula is C25H19F2NO5. The fourth-order valence-corrected chi connectivity index (χ4v) is 3.90. The third-order valence-corrected chi connectivity index (χ3v) is 5.41. The minimum absolute atomic E-state index is 0.0316. The first kappa shape index (κ1) is 22.0. The number of benzene rings is 3. The maximum atomic E-state index is 14.0. The molecule has 1 N–H and O–H groups in total. The van der Waals surface area contributed by atoms with Crippen molar-refractivity contribution in [3.8, 4) is 11.5 Å². The summed E-state index contributed by atoms with van der Waals surface area (Å²) < 4.78 is 38.2. The number of anilines is 1. The molecule has 1 saturated heterocycles. The van der Waals surface area contributed by atoms with Gasteiger partial charge in [-0.05, 0) is 29.8 Å². The monoisotopic (exact) mass is 451 g/mol. The average Bonchev–Trinajstić information content (AvgIpc) is 3.10. The van der Waals surface area contributed by atoms with Crippen molar-refractivity contribution in [3.05, 3.63) is 95.1 Å². The summed E-state index contributed by atoms with van der Waals surface area (Å²) in [5, 5.41) is 11.3. The summed E-state index contributed by atoms with van der Waals surface area (Å²) in [7, 11) is 2.78. The van der Waals surface area contributed by atoms with Gasteiger partial charge in [0.05, 0.1) is 25.8 Å². The Morgan fingerprint density at radius 3 is 2.09 bits per heavy atom. The Balaban J connectivity index is 2.01. The van der Waals surface area contributed by atoms with Crippen molar-refractivity contribution in [2.45, 2.75) is 6.04 Å². The van der Waals surface area contributed by atoms with Crippen molar-refractivity contribution in [2.75, 3.05) is 19.1 Å². The number of methoxy groups -OCH3 is 2. The molecule has 0 bridgehead atoms. The van der Waals surface area contributed by atoms with Crippen LogP contribution in [0, 0.1) is 11.6 Å². The van der Waals surface area contributed by atoms with Crippen LogP contribution in [0.25, 0.3) is 5.76 Å². The number of aliphatic hydroxyl groups excluding tert-OH is 1. The zero-order valence-corrected chi connectivity index (χ0v) is 17.7. The van der Waals surface area contributed by atoms with Gasteiger partial charge in [0.25, 0.3) is 11.7 Å². The molecule has 0 spiro atoms. The molecule has 3 aromatic carbocycles. The van der Waals surface area contributed by atoms with E-state index in [2.05, 4.69) is 0 Å². The van der Waals surface area contributed by atoms with E-state index in [1.165, 1.54) is 20.3 Å². The van der Waals surface area contributed by atoms with Crippen molar-refractivity contribution >= 4 is 23.1 Å². The van der Waals surface area contributed by atoms with Crippen LogP contribution in [-0.2, 0) is 9.59 Å². The molecule has 1 fully saturated rings. The summed E-state index contributed by atoms with van der Waals surface area (Å²) >= 11 is 0. The number of ether oxygens (including phenoxy) is 2. The summed E-state index contributed by atoms with van der Waals surface area (Å²) in [5.74, 6) is -4.32. The Bertz CT molecular complexity index is 1250. The highest BCUT2D eigenvalue weighted by atomic mass is 19.2. The second-order valence-corrected chi connectivity index (χ2v) is 7.22. The predicted octanol–water partition coefficient (Wildman–Crippen LogP) is 4.61. The highest BCUT2D eigenvalue weighted by molar-refractivity contribution is 6.51. The van der Waals surface area contributed by atoms with E-state index in [4.69, 9.17) is 9.47 Å². The molecule has 3 aromatic rings. The van der Waals surface area contributed by atoms with Gasteiger partial charge in [0, 0.05) is 11.8 Å². The molecule has 0 saturated carbocycles. The van der Waals surface area contributed by atoms with Crippen molar-refractivity contribution in [1.29, 1.82) is 0 Å². The molecule has 1 aliphatic heterocycles. The van der Waals surface area contributed by atoms with Crippen molar-refractivity contribution in [1.82, 2.24) is 0 Å². The number of hydrogen-bond donors (Lipinski definition) is 1. The highest BCUT2D eigenvalue weighted by Gasteiger charge is 2.47. The number of halogens is 2. The lowest BCUT2D eigenvalue weighted by Crippen LogP contribution is -2.29. The van der Waals surface area contributed by atoms with Gasteiger partial charge in [0.15, 0.2) is 11.6 Å². The number of aliphatic hydroxyl groups is 1. The van der Waals surface area contributed by atoms with E-state index in [9.17, 15) is 23.5 Å². The SMILES string of the molecule is COc1cccc(OC)c1/C(O)=C1\C(=O)C(=O)N(c2ccc(F)c(F)c2)C1c1ccccc1. The summed E-state index contributed by atoms with van der Waals surface area (Å²) in [6, 6.07) is 15.0. The summed E-state index contributed by atoms with van der Waals surface area (Å²) in [4.78, 5) is 27.3. The number of nitrogens with zero attached hydrogens (tertiary/aromatic N) is 1. The molecule has 6 nitrogen and oxygen atoms in total. The van der Waals surface area contributed by atoms with Crippen molar-refractivity contribution < 1.29 is 33.0 Å². The van der Waals surface area contributed by atoms with E-state index in [1.807, 2.05) is 0 Å². The van der Waals surface area contributed by atoms with Crippen LogP contribution in [0.3, 0.4) is 0 Å². The van der Waals surface area contributed by atoms with Gasteiger partial charge in [0.2, 0.25) is 0 Å². The molecule has 1 aliphatic rings. The molecule has 0 aromatic heterocycles. The minimum Gasteiger partial charge on any atom is -0.506 e. The second-order valence-electron chi connectivity index (χ2n) is 7.22. The molecule has 4 rings (SSSR count). The Morgan fingerprint density at radius 2 is 1.52 bits per heavy atom. The normalized spacial score (nSPS) is 17.3. The molecule has 0 aliphatic carbocycles. The Morgan fingerprint density at radius 1 is 0.879 bits per heavy atom. The molecule has 1 unspecified atom stereocenters. The number of hydrogen-bond acceptors (Lipinski definition) is 5. The predicted molar refractivity (Wildman–Crippen MR) is 117 cm³/mol. The Hall–Kier alpha value is -4.20. The van der Waals surface area contributed by atoms with E-state index in [0.29, 0.717) is 5.56 Å². The minimum atomic E-state index is -1.17. The molecule has 0 radical (unpaired) electrons. The number of rotatable bonds is 5. The molecule has 33 heavy (non-hydrogen) atoms. The van der Waals surface area contributed by atoms with Gasteiger partial charge in [0.1, 0.15) is 22.8 Å². The second kappa shape index (κ2) is 8.74. The highest BCUT2D eigenvalue weighted by Crippen LogP contribution is 2.45. The van der Waals surface area contributed by atoms with Gasteiger partial charge < -0.3 is 14.6 Å². The zero-order valence-electron chi connectivity index (χ0n) is 17.7. The quantitative estimate of drug-likeness (QED) is 0.348. The van der Waals surface area contributed by atoms with E-state index >= 15 is 0 Å². The van der Waals surface area contributed by atoms with Crippen LogP contribution in [-0.4, -0.2) is 31.0 Å². The maximum absolute atomic E-state index is 14.0. The summed E-state index contributed by atoms with van der Waals surface area (Å²) in [5.41, 5.74) is 0.304. The van der Waals surface area contributed by atoms with Gasteiger partial charge in [-0.25, -0.2) is 8.78 Å². The average molecular weight is 451 g/mol. The van der Waals surface area contributed by atoms with Crippen LogP contribution in [0.2, 0.25) is 0 Å². The van der Waals surface area contributed by atoms with Crippen LogP contribution in [0.5, 0.6) is 11.5 Å². The maximum Gasteiger partial charge on any atom is 0.300 e. The van der Waals surface area contributed by atoms with Crippen LogP contribution in [0.1, 0.15) is 17.2 Å².